The van der Waals surface area contributed by atoms with E-state index in [4.69, 9.17) is 23.7 Å². The third-order valence-corrected chi connectivity index (χ3v) is 4.75. The lowest BCUT2D eigenvalue weighted by Gasteiger charge is -2.23. The highest BCUT2D eigenvalue weighted by Gasteiger charge is 2.26. The SMILES string of the molecule is COC(=O)[C@H](Cc1ccc(OCCOC2CCCCO2)c(B(O)O)c1)NC(=O)OC(C)(C)C. The van der Waals surface area contributed by atoms with Crippen molar-refractivity contribution in [1.82, 2.24) is 5.32 Å². The van der Waals surface area contributed by atoms with Gasteiger partial charge in [-0.15, -0.1) is 0 Å². The quantitative estimate of drug-likeness (QED) is 0.261. The molecule has 184 valence electrons. The maximum absolute atomic E-state index is 12.2. The molecule has 1 aliphatic rings. The molecule has 33 heavy (non-hydrogen) atoms. The Morgan fingerprint density at radius 1 is 1.24 bits per heavy atom. The number of ether oxygens (including phenoxy) is 5. The van der Waals surface area contributed by atoms with Crippen molar-refractivity contribution < 1.29 is 43.3 Å². The lowest BCUT2D eigenvalue weighted by Crippen LogP contribution is -2.45. The molecular formula is C22H34BNO9. The fourth-order valence-electron chi connectivity index (χ4n) is 3.25. The van der Waals surface area contributed by atoms with E-state index in [1.807, 2.05) is 0 Å². The van der Waals surface area contributed by atoms with E-state index >= 15 is 0 Å². The number of rotatable bonds is 10. The zero-order valence-corrected chi connectivity index (χ0v) is 19.7. The Morgan fingerprint density at radius 2 is 2.00 bits per heavy atom. The summed E-state index contributed by atoms with van der Waals surface area (Å²) in [6.45, 7) is 6.30. The average molecular weight is 467 g/mol. The van der Waals surface area contributed by atoms with Gasteiger partial charge in [-0.05, 0) is 51.7 Å². The summed E-state index contributed by atoms with van der Waals surface area (Å²) >= 11 is 0. The largest absolute Gasteiger partial charge is 0.492 e. The van der Waals surface area contributed by atoms with Crippen LogP contribution in [0.2, 0.25) is 0 Å². The van der Waals surface area contributed by atoms with Gasteiger partial charge in [0.05, 0.1) is 13.7 Å². The van der Waals surface area contributed by atoms with Gasteiger partial charge in [0, 0.05) is 18.5 Å². The Kier molecular flexibility index (Phi) is 10.4. The number of nitrogens with one attached hydrogen (secondary N) is 1. The highest BCUT2D eigenvalue weighted by molar-refractivity contribution is 6.59. The number of carbonyl (C=O) groups excluding carboxylic acids is 2. The van der Waals surface area contributed by atoms with Gasteiger partial charge in [0.1, 0.15) is 24.0 Å². The highest BCUT2D eigenvalue weighted by Crippen LogP contribution is 2.16. The second-order valence-electron chi connectivity index (χ2n) is 8.69. The van der Waals surface area contributed by atoms with E-state index in [2.05, 4.69) is 5.32 Å². The Balaban J connectivity index is 2.00. The van der Waals surface area contributed by atoms with E-state index in [0.717, 1.165) is 19.3 Å². The molecule has 11 heteroatoms. The lowest BCUT2D eigenvalue weighted by molar-refractivity contribution is -0.165. The summed E-state index contributed by atoms with van der Waals surface area (Å²) < 4.78 is 26.7. The van der Waals surface area contributed by atoms with E-state index in [0.29, 0.717) is 12.2 Å². The van der Waals surface area contributed by atoms with Crippen LogP contribution in [0.3, 0.4) is 0 Å². The predicted molar refractivity (Wildman–Crippen MR) is 120 cm³/mol. The monoisotopic (exact) mass is 467 g/mol. The van der Waals surface area contributed by atoms with Crippen molar-refractivity contribution in [2.45, 2.75) is 64.4 Å². The van der Waals surface area contributed by atoms with Crippen LogP contribution in [0.15, 0.2) is 18.2 Å². The van der Waals surface area contributed by atoms with Gasteiger partial charge in [-0.1, -0.05) is 12.1 Å². The minimum Gasteiger partial charge on any atom is -0.492 e. The first-order chi connectivity index (χ1) is 15.6. The van der Waals surface area contributed by atoms with E-state index in [9.17, 15) is 19.6 Å². The molecule has 1 saturated heterocycles. The molecule has 1 aliphatic heterocycles. The Hall–Kier alpha value is -2.34. The number of alkyl carbamates (subject to hydrolysis) is 1. The van der Waals surface area contributed by atoms with Crippen LogP contribution in [0, 0.1) is 0 Å². The Morgan fingerprint density at radius 3 is 2.61 bits per heavy atom. The molecule has 0 bridgehead atoms. The average Bonchev–Trinajstić information content (AvgIpc) is 2.75. The van der Waals surface area contributed by atoms with Crippen molar-refractivity contribution in [3.63, 3.8) is 0 Å². The van der Waals surface area contributed by atoms with Crippen LogP contribution >= 0.6 is 0 Å². The van der Waals surface area contributed by atoms with Gasteiger partial charge in [-0.2, -0.15) is 0 Å². The summed E-state index contributed by atoms with van der Waals surface area (Å²) in [5.41, 5.74) is -0.0452. The number of hydrogen-bond acceptors (Lipinski definition) is 9. The number of carbonyl (C=O) groups is 2. The maximum Gasteiger partial charge on any atom is 0.492 e. The fourth-order valence-corrected chi connectivity index (χ4v) is 3.25. The van der Waals surface area contributed by atoms with Crippen LogP contribution in [0.1, 0.15) is 45.6 Å². The first-order valence-corrected chi connectivity index (χ1v) is 11.0. The molecule has 1 aromatic rings. The topological polar surface area (TPSA) is 133 Å². The van der Waals surface area contributed by atoms with E-state index in [1.54, 1.807) is 32.9 Å². The number of hydrogen-bond donors (Lipinski definition) is 3. The molecule has 0 radical (unpaired) electrons. The molecule has 10 nitrogen and oxygen atoms in total. The van der Waals surface area contributed by atoms with Crippen LogP contribution in [0.5, 0.6) is 5.75 Å². The Labute approximate surface area is 194 Å². The molecule has 1 fully saturated rings. The van der Waals surface area contributed by atoms with Crippen molar-refractivity contribution >= 4 is 24.6 Å². The summed E-state index contributed by atoms with van der Waals surface area (Å²) in [4.78, 5) is 24.3. The number of amides is 1. The van der Waals surface area contributed by atoms with Gasteiger partial charge in [0.2, 0.25) is 0 Å². The molecule has 0 spiro atoms. The van der Waals surface area contributed by atoms with Crippen LogP contribution in [-0.2, 0) is 30.2 Å². The molecule has 1 aromatic carbocycles. The molecule has 3 N–H and O–H groups in total. The van der Waals surface area contributed by atoms with Crippen molar-refractivity contribution in [1.29, 1.82) is 0 Å². The third kappa shape index (κ3) is 9.59. The van der Waals surface area contributed by atoms with Crippen LogP contribution < -0.4 is 15.5 Å². The van der Waals surface area contributed by atoms with Crippen molar-refractivity contribution in [3.05, 3.63) is 23.8 Å². The van der Waals surface area contributed by atoms with Gasteiger partial charge in [0.25, 0.3) is 0 Å². The molecule has 0 aliphatic carbocycles. The molecule has 1 unspecified atom stereocenters. The molecular weight excluding hydrogens is 433 g/mol. The molecule has 1 heterocycles. The summed E-state index contributed by atoms with van der Waals surface area (Å²) in [5, 5.41) is 22.1. The van der Waals surface area contributed by atoms with Crippen LogP contribution in [0.4, 0.5) is 4.79 Å². The second-order valence-corrected chi connectivity index (χ2v) is 8.69. The number of benzene rings is 1. The van der Waals surface area contributed by atoms with Gasteiger partial charge in [0.15, 0.2) is 6.29 Å². The molecule has 0 saturated carbocycles. The summed E-state index contributed by atoms with van der Waals surface area (Å²) in [7, 11) is -0.579. The summed E-state index contributed by atoms with van der Waals surface area (Å²) in [6, 6.07) is 3.71. The smallest absolute Gasteiger partial charge is 0.492 e. The van der Waals surface area contributed by atoms with Crippen molar-refractivity contribution in [3.8, 4) is 5.75 Å². The standard InChI is InChI=1S/C22H34BNO9/c1-22(2,3)33-21(26)24-17(20(25)29-4)14-15-8-9-18(16(13-15)23(27)28)30-11-12-32-19-7-5-6-10-31-19/h8-9,13,17,19,27-28H,5-7,10-12,14H2,1-4H3,(H,24,26)/t17-,19?/m0/s1. The number of methoxy groups -OCH3 is 1. The van der Waals surface area contributed by atoms with Crippen LogP contribution in [0.25, 0.3) is 0 Å². The third-order valence-electron chi connectivity index (χ3n) is 4.75. The number of esters is 1. The maximum atomic E-state index is 12.2. The van der Waals surface area contributed by atoms with Gasteiger partial charge in [-0.25, -0.2) is 9.59 Å². The predicted octanol–water partition coefficient (Wildman–Crippen LogP) is 0.897. The van der Waals surface area contributed by atoms with E-state index in [1.165, 1.54) is 13.2 Å². The van der Waals surface area contributed by atoms with Crippen LogP contribution in [-0.4, -0.2) is 74.1 Å². The molecule has 1 amide bonds. The first kappa shape index (κ1) is 26.9. The van der Waals surface area contributed by atoms with Gasteiger partial charge in [-0.3, -0.25) is 0 Å². The normalized spacial score (nSPS) is 17.1. The van der Waals surface area contributed by atoms with Crippen molar-refractivity contribution in [2.24, 2.45) is 0 Å². The van der Waals surface area contributed by atoms with Crippen molar-refractivity contribution in [2.75, 3.05) is 26.9 Å². The zero-order chi connectivity index (χ0) is 24.4. The minimum absolute atomic E-state index is 0.0496. The summed E-state index contributed by atoms with van der Waals surface area (Å²) in [6.07, 6.45) is 1.98. The van der Waals surface area contributed by atoms with Gasteiger partial charge < -0.3 is 39.0 Å². The van der Waals surface area contributed by atoms with E-state index in [-0.39, 0.29) is 37.1 Å². The molecule has 0 aromatic heterocycles. The van der Waals surface area contributed by atoms with E-state index < -0.39 is 30.8 Å². The second kappa shape index (κ2) is 12.8. The molecule has 2 atom stereocenters. The highest BCUT2D eigenvalue weighted by atomic mass is 16.7. The zero-order valence-electron chi connectivity index (χ0n) is 19.7. The Bertz CT molecular complexity index is 776. The van der Waals surface area contributed by atoms with Gasteiger partial charge >= 0.3 is 19.2 Å². The first-order valence-electron chi connectivity index (χ1n) is 11.0. The fraction of sp³-hybridized carbons (Fsp3) is 0.636. The summed E-state index contributed by atoms with van der Waals surface area (Å²) in [5.74, 6) is -0.383. The lowest BCUT2D eigenvalue weighted by atomic mass is 9.78. The minimum atomic E-state index is -1.79. The molecule has 2 rings (SSSR count).